The van der Waals surface area contributed by atoms with Crippen molar-refractivity contribution in [1.29, 1.82) is 0 Å². The molecule has 0 aliphatic carbocycles. The van der Waals surface area contributed by atoms with Crippen LogP contribution in [0.1, 0.15) is 290 Å². The van der Waals surface area contributed by atoms with Gasteiger partial charge in [0, 0.05) is 6.42 Å². The van der Waals surface area contributed by atoms with Crippen molar-refractivity contribution >= 4 is 11.9 Å². The first-order valence-electron chi connectivity index (χ1n) is 27.7. The maximum Gasteiger partial charge on any atom is 0.306 e. The first-order chi connectivity index (χ1) is 31.0. The number of hydrogen-bond donors (Lipinski definition) is 3. The minimum Gasteiger partial charge on any atom is -0.462 e. The van der Waals surface area contributed by atoms with Crippen LogP contribution in [0, 0.1) is 0 Å². The zero-order valence-corrected chi connectivity index (χ0v) is 42.2. The molecule has 6 nitrogen and oxygen atoms in total. The fourth-order valence-electron chi connectivity index (χ4n) is 8.52. The van der Waals surface area contributed by atoms with E-state index in [9.17, 15) is 19.8 Å². The summed E-state index contributed by atoms with van der Waals surface area (Å²) in [6, 6.07) is -0.704. The van der Waals surface area contributed by atoms with Crippen molar-refractivity contribution in [2.24, 2.45) is 0 Å². The molecule has 3 atom stereocenters. The van der Waals surface area contributed by atoms with Gasteiger partial charge in [0.05, 0.1) is 25.2 Å². The topological polar surface area (TPSA) is 95.9 Å². The van der Waals surface area contributed by atoms with Gasteiger partial charge in [0.2, 0.25) is 5.91 Å². The lowest BCUT2D eigenvalue weighted by molar-refractivity contribution is -0.151. The van der Waals surface area contributed by atoms with Gasteiger partial charge < -0.3 is 20.3 Å². The molecule has 0 fully saturated rings. The van der Waals surface area contributed by atoms with E-state index in [2.05, 4.69) is 62.5 Å². The summed E-state index contributed by atoms with van der Waals surface area (Å²) < 4.78 is 5.95. The molecule has 3 N–H and O–H groups in total. The second kappa shape index (κ2) is 51.1. The van der Waals surface area contributed by atoms with Crippen molar-refractivity contribution in [2.75, 3.05) is 6.61 Å². The molecule has 0 bridgehead atoms. The lowest BCUT2D eigenvalue weighted by Crippen LogP contribution is -2.46. The highest BCUT2D eigenvalue weighted by atomic mass is 16.5. The Morgan fingerprint density at radius 3 is 1.30 bits per heavy atom. The van der Waals surface area contributed by atoms with Crippen molar-refractivity contribution in [3.8, 4) is 0 Å². The number of nitrogens with one attached hydrogen (secondary N) is 1. The lowest BCUT2D eigenvalue weighted by Gasteiger charge is -2.24. The quantitative estimate of drug-likeness (QED) is 0.0321. The number of ether oxygens (including phenoxy) is 1. The molecule has 0 aliphatic rings. The maximum absolute atomic E-state index is 13.2. The molecule has 0 aromatic heterocycles. The van der Waals surface area contributed by atoms with E-state index in [0.29, 0.717) is 19.3 Å². The summed E-state index contributed by atoms with van der Waals surface area (Å²) in [5.41, 5.74) is 0. The Balaban J connectivity index is 4.55. The molecule has 370 valence electrons. The van der Waals surface area contributed by atoms with E-state index in [1.165, 1.54) is 167 Å². The predicted molar refractivity (Wildman–Crippen MR) is 273 cm³/mol. The van der Waals surface area contributed by atoms with Crippen molar-refractivity contribution in [3.63, 3.8) is 0 Å². The third-order valence-corrected chi connectivity index (χ3v) is 12.7. The highest BCUT2D eigenvalue weighted by Gasteiger charge is 2.24. The fraction of sp³-hybridized carbons (Fsp3) is 0.860. The molecule has 1 amide bonds. The van der Waals surface area contributed by atoms with Crippen LogP contribution in [0.15, 0.2) is 36.5 Å². The van der Waals surface area contributed by atoms with Crippen LogP contribution in [0.5, 0.6) is 0 Å². The summed E-state index contributed by atoms with van der Waals surface area (Å²) >= 11 is 0. The summed E-state index contributed by atoms with van der Waals surface area (Å²) in [6.45, 7) is 6.40. The Bertz CT molecular complexity index is 1040. The van der Waals surface area contributed by atoms with Gasteiger partial charge in [-0.25, -0.2) is 0 Å². The zero-order chi connectivity index (χ0) is 45.9. The van der Waals surface area contributed by atoms with Crippen molar-refractivity contribution in [3.05, 3.63) is 36.5 Å². The minimum absolute atomic E-state index is 0.0714. The molecule has 3 unspecified atom stereocenters. The van der Waals surface area contributed by atoms with Gasteiger partial charge in [-0.1, -0.05) is 237 Å². The zero-order valence-electron chi connectivity index (χ0n) is 42.2. The van der Waals surface area contributed by atoms with Crippen LogP contribution in [-0.2, 0) is 14.3 Å². The Morgan fingerprint density at radius 2 is 0.857 bits per heavy atom. The van der Waals surface area contributed by atoms with Crippen LogP contribution >= 0.6 is 0 Å². The number of carbonyl (C=O) groups is 2. The third-order valence-electron chi connectivity index (χ3n) is 12.7. The van der Waals surface area contributed by atoms with Crippen LogP contribution in [0.4, 0.5) is 0 Å². The molecule has 0 spiro atoms. The first-order valence-corrected chi connectivity index (χ1v) is 27.7. The smallest absolute Gasteiger partial charge is 0.306 e. The van der Waals surface area contributed by atoms with Crippen LogP contribution in [-0.4, -0.2) is 46.9 Å². The number of unbranched alkanes of at least 4 members (excludes halogenated alkanes) is 32. The molecule has 0 aromatic rings. The van der Waals surface area contributed by atoms with Gasteiger partial charge in [-0.3, -0.25) is 9.59 Å². The number of amides is 1. The number of rotatable bonds is 50. The standard InChI is InChI=1S/C57H107NO5/c1-4-7-10-13-16-19-22-25-28-30-33-36-39-42-45-48-53(63-57(62)50-47-44-41-38-35-32-27-24-21-18-15-12-9-6-3)51-56(61)58-54(52-59)55(60)49-46-43-40-37-34-31-29-26-23-20-17-14-11-8-5-2/h9,12,18,21,25,28,53-55,59-60H,4-8,10-11,13-17,19-20,22-24,26-27,29-52H2,1-3H3,(H,58,61)/b12-9+,21-18+,28-25+. The van der Waals surface area contributed by atoms with Gasteiger partial charge in [0.25, 0.3) is 0 Å². The van der Waals surface area contributed by atoms with Gasteiger partial charge >= 0.3 is 5.97 Å². The molecular weight excluding hydrogens is 779 g/mol. The van der Waals surface area contributed by atoms with Gasteiger partial charge in [-0.05, 0) is 77.0 Å². The molecule has 0 saturated heterocycles. The normalized spacial score (nSPS) is 13.4. The predicted octanol–water partition coefficient (Wildman–Crippen LogP) is 16.8. The van der Waals surface area contributed by atoms with E-state index in [1.807, 2.05) is 0 Å². The SMILES string of the molecule is CC/C=C/C/C=C/CCCCCCCCCC(=O)OC(CCCCCCC/C=C/CCCCCCCC)CC(=O)NC(CO)C(O)CCCCCCCCCCCCCCCCC. The molecule has 0 heterocycles. The Hall–Kier alpha value is -1.92. The molecule has 63 heavy (non-hydrogen) atoms. The van der Waals surface area contributed by atoms with E-state index < -0.39 is 18.2 Å². The monoisotopic (exact) mass is 886 g/mol. The van der Waals surface area contributed by atoms with Crippen LogP contribution in [0.3, 0.4) is 0 Å². The van der Waals surface area contributed by atoms with E-state index >= 15 is 0 Å². The van der Waals surface area contributed by atoms with Gasteiger partial charge in [0.1, 0.15) is 6.10 Å². The average molecular weight is 886 g/mol. The van der Waals surface area contributed by atoms with E-state index in [1.54, 1.807) is 0 Å². The first kappa shape index (κ1) is 61.1. The van der Waals surface area contributed by atoms with Crippen molar-refractivity contribution in [1.82, 2.24) is 5.32 Å². The molecule has 0 saturated carbocycles. The van der Waals surface area contributed by atoms with Crippen LogP contribution < -0.4 is 5.32 Å². The minimum atomic E-state index is -0.790. The Labute approximate surface area is 392 Å². The molecule has 6 heteroatoms. The van der Waals surface area contributed by atoms with E-state index in [0.717, 1.165) is 77.0 Å². The summed E-state index contributed by atoms with van der Waals surface area (Å²) in [7, 11) is 0. The average Bonchev–Trinajstić information content (AvgIpc) is 3.28. The highest BCUT2D eigenvalue weighted by Crippen LogP contribution is 2.18. The molecule has 0 radical (unpaired) electrons. The molecule has 0 aliphatic heterocycles. The number of esters is 1. The number of aliphatic hydroxyl groups is 2. The largest absolute Gasteiger partial charge is 0.462 e. The molecular formula is C57H107NO5. The number of hydrogen-bond acceptors (Lipinski definition) is 5. The third kappa shape index (κ3) is 46.4. The highest BCUT2D eigenvalue weighted by molar-refractivity contribution is 5.77. The second-order valence-electron chi connectivity index (χ2n) is 19.0. The Kier molecular flexibility index (Phi) is 49.5. The lowest BCUT2D eigenvalue weighted by atomic mass is 10.0. The Morgan fingerprint density at radius 1 is 0.476 bits per heavy atom. The summed E-state index contributed by atoms with van der Waals surface area (Å²) in [4.78, 5) is 26.2. The molecule has 0 aromatic carbocycles. The van der Waals surface area contributed by atoms with E-state index in [4.69, 9.17) is 4.74 Å². The second-order valence-corrected chi connectivity index (χ2v) is 19.0. The van der Waals surface area contributed by atoms with Gasteiger partial charge in [0.15, 0.2) is 0 Å². The number of allylic oxidation sites excluding steroid dienone is 6. The number of carbonyl (C=O) groups excluding carboxylic acids is 2. The summed E-state index contributed by atoms with van der Waals surface area (Å²) in [5.74, 6) is -0.480. The van der Waals surface area contributed by atoms with Gasteiger partial charge in [-0.2, -0.15) is 0 Å². The van der Waals surface area contributed by atoms with Crippen LogP contribution in [0.25, 0.3) is 0 Å². The summed E-state index contributed by atoms with van der Waals surface area (Å²) in [6.07, 6.45) is 60.6. The number of aliphatic hydroxyl groups excluding tert-OH is 2. The maximum atomic E-state index is 13.2. The fourth-order valence-corrected chi connectivity index (χ4v) is 8.52. The van der Waals surface area contributed by atoms with Gasteiger partial charge in [-0.15, -0.1) is 0 Å². The van der Waals surface area contributed by atoms with Crippen molar-refractivity contribution in [2.45, 2.75) is 309 Å². The van der Waals surface area contributed by atoms with Crippen LogP contribution in [0.2, 0.25) is 0 Å². The molecule has 0 rings (SSSR count). The summed E-state index contributed by atoms with van der Waals surface area (Å²) in [5, 5.41) is 23.9. The van der Waals surface area contributed by atoms with Crippen molar-refractivity contribution < 1.29 is 24.5 Å². The van der Waals surface area contributed by atoms with E-state index in [-0.39, 0.29) is 24.9 Å².